The van der Waals surface area contributed by atoms with Gasteiger partial charge in [-0.3, -0.25) is 0 Å². The lowest BCUT2D eigenvalue weighted by molar-refractivity contribution is 0.534. The van der Waals surface area contributed by atoms with Crippen molar-refractivity contribution >= 4 is 12.4 Å². The van der Waals surface area contributed by atoms with Gasteiger partial charge in [0.25, 0.3) is 0 Å². The zero-order valence-electron chi connectivity index (χ0n) is 7.92. The van der Waals surface area contributed by atoms with Crippen LogP contribution in [0.25, 0.3) is 0 Å². The third-order valence-electron chi connectivity index (χ3n) is 2.61. The molecule has 1 nitrogen and oxygen atoms in total. The van der Waals surface area contributed by atoms with Gasteiger partial charge in [-0.05, 0) is 30.9 Å². The van der Waals surface area contributed by atoms with Crippen molar-refractivity contribution in [3.8, 4) is 0 Å². The number of rotatable bonds is 0. The molecule has 72 valence electrons. The Morgan fingerprint density at radius 1 is 1.23 bits per heavy atom. The number of benzene rings is 1. The molecule has 1 unspecified atom stereocenters. The van der Waals surface area contributed by atoms with Crippen LogP contribution in [0.3, 0.4) is 0 Å². The molecule has 0 radical (unpaired) electrons. The van der Waals surface area contributed by atoms with E-state index in [9.17, 15) is 0 Å². The van der Waals surface area contributed by atoms with Gasteiger partial charge in [0.15, 0.2) is 0 Å². The summed E-state index contributed by atoms with van der Waals surface area (Å²) in [6.45, 7) is 3.29. The molecule has 0 spiro atoms. The largest absolute Gasteiger partial charge is 0.310 e. The van der Waals surface area contributed by atoms with Crippen LogP contribution in [-0.4, -0.2) is 6.04 Å². The normalized spacial score (nSPS) is 21.2. The molecule has 2 rings (SSSR count). The molecule has 0 amide bonds. The van der Waals surface area contributed by atoms with Gasteiger partial charge < -0.3 is 5.32 Å². The number of halogens is 1. The van der Waals surface area contributed by atoms with Gasteiger partial charge in [-0.15, -0.1) is 12.4 Å². The topological polar surface area (TPSA) is 12.0 Å². The van der Waals surface area contributed by atoms with Crippen LogP contribution >= 0.6 is 12.4 Å². The molecular weight excluding hydrogens is 182 g/mol. The van der Waals surface area contributed by atoms with Crippen LogP contribution in [0.5, 0.6) is 0 Å². The first-order valence-corrected chi connectivity index (χ1v) is 4.66. The first-order valence-electron chi connectivity index (χ1n) is 4.66. The molecule has 1 heterocycles. The van der Waals surface area contributed by atoms with Crippen molar-refractivity contribution in [2.75, 3.05) is 0 Å². The lowest BCUT2D eigenvalue weighted by atomic mass is 10.0. The number of hydrogen-bond donors (Lipinski definition) is 1. The molecule has 2 heteroatoms. The van der Waals surface area contributed by atoms with Crippen LogP contribution in [-0.2, 0) is 13.0 Å². The van der Waals surface area contributed by atoms with Crippen LogP contribution in [0.2, 0.25) is 0 Å². The summed E-state index contributed by atoms with van der Waals surface area (Å²) in [5.41, 5.74) is 3.00. The van der Waals surface area contributed by atoms with Crippen LogP contribution in [0, 0.1) is 0 Å². The molecule has 0 saturated carbocycles. The fourth-order valence-electron chi connectivity index (χ4n) is 1.73. The summed E-state index contributed by atoms with van der Waals surface area (Å²) < 4.78 is 0. The highest BCUT2D eigenvalue weighted by molar-refractivity contribution is 5.85. The van der Waals surface area contributed by atoms with Gasteiger partial charge in [0.1, 0.15) is 0 Å². The van der Waals surface area contributed by atoms with Crippen LogP contribution < -0.4 is 5.32 Å². The molecule has 1 aliphatic rings. The average Bonchev–Trinajstić information content (AvgIpc) is 2.29. The molecule has 0 saturated heterocycles. The Kier molecular flexibility index (Phi) is 3.76. The minimum atomic E-state index is 0. The number of aryl methyl sites for hydroxylation is 1. The highest BCUT2D eigenvalue weighted by Gasteiger charge is 2.10. The molecule has 1 aromatic rings. The molecule has 1 aromatic carbocycles. The maximum Gasteiger partial charge on any atom is 0.0210 e. The third kappa shape index (κ3) is 2.45. The molecular formula is C11H16ClN. The highest BCUT2D eigenvalue weighted by Crippen LogP contribution is 2.15. The van der Waals surface area contributed by atoms with E-state index < -0.39 is 0 Å². The Morgan fingerprint density at radius 3 is 2.69 bits per heavy atom. The quantitative estimate of drug-likeness (QED) is 0.674. The SMILES string of the molecule is CC1CCc2ccccc2CN1.Cl. The zero-order chi connectivity index (χ0) is 8.39. The summed E-state index contributed by atoms with van der Waals surface area (Å²) in [5.74, 6) is 0. The second-order valence-electron chi connectivity index (χ2n) is 3.59. The summed E-state index contributed by atoms with van der Waals surface area (Å²) in [6, 6.07) is 9.39. The molecule has 1 N–H and O–H groups in total. The van der Waals surface area contributed by atoms with E-state index in [0.717, 1.165) is 6.54 Å². The highest BCUT2D eigenvalue weighted by atomic mass is 35.5. The molecule has 1 aliphatic heterocycles. The van der Waals surface area contributed by atoms with Gasteiger partial charge in [-0.1, -0.05) is 24.3 Å². The van der Waals surface area contributed by atoms with Gasteiger partial charge in [-0.25, -0.2) is 0 Å². The van der Waals surface area contributed by atoms with E-state index >= 15 is 0 Å². The number of fused-ring (bicyclic) bond motifs is 1. The van der Waals surface area contributed by atoms with Crippen molar-refractivity contribution in [2.24, 2.45) is 0 Å². The monoisotopic (exact) mass is 197 g/mol. The average molecular weight is 198 g/mol. The van der Waals surface area contributed by atoms with Crippen molar-refractivity contribution < 1.29 is 0 Å². The molecule has 1 atom stereocenters. The predicted octanol–water partition coefficient (Wildman–Crippen LogP) is 2.53. The van der Waals surface area contributed by atoms with E-state index in [-0.39, 0.29) is 12.4 Å². The molecule has 0 fully saturated rings. The summed E-state index contributed by atoms with van der Waals surface area (Å²) in [6.07, 6.45) is 2.49. The third-order valence-corrected chi connectivity index (χ3v) is 2.61. The lowest BCUT2D eigenvalue weighted by Crippen LogP contribution is -2.23. The van der Waals surface area contributed by atoms with E-state index in [4.69, 9.17) is 0 Å². The predicted molar refractivity (Wildman–Crippen MR) is 58.3 cm³/mol. The fraction of sp³-hybridized carbons (Fsp3) is 0.455. The maximum absolute atomic E-state index is 3.50. The Labute approximate surface area is 86.0 Å². The second kappa shape index (κ2) is 4.64. The molecule has 0 bridgehead atoms. The fourth-order valence-corrected chi connectivity index (χ4v) is 1.73. The summed E-state index contributed by atoms with van der Waals surface area (Å²) >= 11 is 0. The van der Waals surface area contributed by atoms with Crippen molar-refractivity contribution in [1.29, 1.82) is 0 Å². The van der Waals surface area contributed by atoms with E-state index in [2.05, 4.69) is 36.5 Å². The van der Waals surface area contributed by atoms with Gasteiger partial charge in [0, 0.05) is 12.6 Å². The lowest BCUT2D eigenvalue weighted by Gasteiger charge is -2.07. The van der Waals surface area contributed by atoms with Crippen molar-refractivity contribution in [3.05, 3.63) is 35.4 Å². The molecule has 0 aliphatic carbocycles. The Bertz CT molecular complexity index is 246. The van der Waals surface area contributed by atoms with Crippen molar-refractivity contribution in [1.82, 2.24) is 5.32 Å². The van der Waals surface area contributed by atoms with Gasteiger partial charge in [0.05, 0.1) is 0 Å². The minimum absolute atomic E-state index is 0. The molecule has 0 aromatic heterocycles. The zero-order valence-corrected chi connectivity index (χ0v) is 8.73. The molecule has 13 heavy (non-hydrogen) atoms. The van der Waals surface area contributed by atoms with Crippen LogP contribution in [0.1, 0.15) is 24.5 Å². The summed E-state index contributed by atoms with van der Waals surface area (Å²) in [7, 11) is 0. The Hall–Kier alpha value is -0.530. The van der Waals surface area contributed by atoms with Gasteiger partial charge in [0.2, 0.25) is 0 Å². The van der Waals surface area contributed by atoms with Crippen molar-refractivity contribution in [2.45, 2.75) is 32.4 Å². The summed E-state index contributed by atoms with van der Waals surface area (Å²) in [5, 5.41) is 3.50. The Morgan fingerprint density at radius 2 is 1.92 bits per heavy atom. The van der Waals surface area contributed by atoms with Gasteiger partial charge >= 0.3 is 0 Å². The maximum atomic E-state index is 3.50. The first-order chi connectivity index (χ1) is 5.86. The van der Waals surface area contributed by atoms with Crippen LogP contribution in [0.4, 0.5) is 0 Å². The second-order valence-corrected chi connectivity index (χ2v) is 3.59. The van der Waals surface area contributed by atoms with Crippen molar-refractivity contribution in [3.63, 3.8) is 0 Å². The van der Waals surface area contributed by atoms with Crippen LogP contribution in [0.15, 0.2) is 24.3 Å². The van der Waals surface area contributed by atoms with E-state index in [0.29, 0.717) is 6.04 Å². The van der Waals surface area contributed by atoms with Gasteiger partial charge in [-0.2, -0.15) is 0 Å². The van der Waals surface area contributed by atoms with E-state index in [1.165, 1.54) is 24.0 Å². The summed E-state index contributed by atoms with van der Waals surface area (Å²) in [4.78, 5) is 0. The van der Waals surface area contributed by atoms with E-state index in [1.54, 1.807) is 0 Å². The number of hydrogen-bond acceptors (Lipinski definition) is 1. The first kappa shape index (κ1) is 10.6. The van der Waals surface area contributed by atoms with E-state index in [1.807, 2.05) is 0 Å². The Balaban J connectivity index is 0.000000845. The standard InChI is InChI=1S/C11H15N.ClH/c1-9-6-7-10-4-2-3-5-11(10)8-12-9;/h2-5,9,12H,6-8H2,1H3;1H. The smallest absolute Gasteiger partial charge is 0.0210 e. The minimum Gasteiger partial charge on any atom is -0.310 e. The number of nitrogens with one attached hydrogen (secondary N) is 1.